The maximum absolute atomic E-state index is 12.4. The van der Waals surface area contributed by atoms with E-state index in [1.807, 2.05) is 0 Å². The fourth-order valence-corrected chi connectivity index (χ4v) is 4.09. The molecule has 13 heteroatoms. The number of methoxy groups -OCH3 is 2. The van der Waals surface area contributed by atoms with Crippen LogP contribution in [0.15, 0.2) is 53.2 Å². The minimum absolute atomic E-state index is 0.0611. The van der Waals surface area contributed by atoms with Crippen molar-refractivity contribution in [2.45, 2.75) is 5.16 Å². The van der Waals surface area contributed by atoms with Crippen LogP contribution in [-0.4, -0.2) is 50.1 Å². The van der Waals surface area contributed by atoms with E-state index >= 15 is 0 Å². The average Bonchev–Trinajstić information content (AvgIpc) is 3.32. The van der Waals surface area contributed by atoms with Crippen LogP contribution >= 0.6 is 11.5 Å². The first-order valence-corrected chi connectivity index (χ1v) is 12.3. The Kier molecular flexibility index (Phi) is 7.80. The number of hydrogen-bond donors (Lipinski definition) is 1. The maximum atomic E-state index is 12.4. The molecule has 0 bridgehead atoms. The summed E-state index contributed by atoms with van der Waals surface area (Å²) >= 11 is 0.677. The Labute approximate surface area is 204 Å². The van der Waals surface area contributed by atoms with Crippen LogP contribution in [0, 0.1) is 11.3 Å². The molecule has 1 heterocycles. The van der Waals surface area contributed by atoms with Crippen LogP contribution in [0.2, 0.25) is 0 Å². The highest BCUT2D eigenvalue weighted by Gasteiger charge is 2.18. The third kappa shape index (κ3) is 6.40. The molecule has 2 aromatic carbocycles. The lowest BCUT2D eigenvalue weighted by Crippen LogP contribution is -2.13. The zero-order valence-electron chi connectivity index (χ0n) is 18.6. The number of benzene rings is 2. The average molecular weight is 515 g/mol. The number of nitriles is 1. The Bertz CT molecular complexity index is 1440. The molecule has 3 aromatic rings. The van der Waals surface area contributed by atoms with Crippen molar-refractivity contribution >= 4 is 44.5 Å². The molecule has 0 unspecified atom stereocenters. The predicted molar refractivity (Wildman–Crippen MR) is 126 cm³/mol. The fraction of sp³-hybridized carbons (Fsp3) is 0.136. The summed E-state index contributed by atoms with van der Waals surface area (Å²) in [4.78, 5) is 28.5. The van der Waals surface area contributed by atoms with Gasteiger partial charge >= 0.3 is 5.97 Å². The number of nitrogens with zero attached hydrogens (tertiary/aromatic N) is 3. The van der Waals surface area contributed by atoms with Gasteiger partial charge in [0.25, 0.3) is 11.1 Å². The minimum atomic E-state index is -3.62. The lowest BCUT2D eigenvalue weighted by atomic mass is 10.1. The highest BCUT2D eigenvalue weighted by Crippen LogP contribution is 2.28. The zero-order valence-corrected chi connectivity index (χ0v) is 20.3. The van der Waals surface area contributed by atoms with Gasteiger partial charge in [-0.1, -0.05) is 12.1 Å². The maximum Gasteiger partial charge on any atom is 0.343 e. The van der Waals surface area contributed by atoms with E-state index < -0.39 is 26.9 Å². The first kappa shape index (κ1) is 25.3. The summed E-state index contributed by atoms with van der Waals surface area (Å²) in [7, 11) is -0.682. The lowest BCUT2D eigenvalue weighted by Gasteiger charge is -2.09. The van der Waals surface area contributed by atoms with Gasteiger partial charge in [0, 0.05) is 17.8 Å². The number of rotatable bonds is 8. The molecule has 0 spiro atoms. The molecule has 1 amide bonds. The largest absolute Gasteiger partial charge is 0.493 e. The number of amides is 1. The third-order valence-electron chi connectivity index (χ3n) is 4.35. The van der Waals surface area contributed by atoms with Crippen LogP contribution in [0.25, 0.3) is 6.08 Å². The van der Waals surface area contributed by atoms with Crippen LogP contribution in [0.1, 0.15) is 15.9 Å². The standard InChI is InChI=1S/C22H18N4O7S2/c1-31-17-9-6-14(11-18(17)32-2)20(28)33-16-7-4-13(5-8-16)10-15(12-23)19(27)24-21-25-22(26-34-21)35(3,29)30/h4-11H,1-3H3,(H,24,25,26,27)/b15-10-. The smallest absolute Gasteiger partial charge is 0.343 e. The molecule has 0 fully saturated rings. The Morgan fingerprint density at radius 1 is 1.09 bits per heavy atom. The van der Waals surface area contributed by atoms with Gasteiger partial charge in [-0.3, -0.25) is 10.1 Å². The Hall–Kier alpha value is -4.28. The number of hydrogen-bond acceptors (Lipinski definition) is 11. The van der Waals surface area contributed by atoms with E-state index in [-0.39, 0.29) is 22.0 Å². The van der Waals surface area contributed by atoms with Crippen molar-refractivity contribution in [3.63, 3.8) is 0 Å². The summed E-state index contributed by atoms with van der Waals surface area (Å²) in [5, 5.41) is 11.2. The monoisotopic (exact) mass is 514 g/mol. The molecule has 180 valence electrons. The lowest BCUT2D eigenvalue weighted by molar-refractivity contribution is -0.112. The quantitative estimate of drug-likeness (QED) is 0.205. The van der Waals surface area contributed by atoms with Crippen LogP contribution in [0.3, 0.4) is 0 Å². The molecule has 0 aliphatic carbocycles. The summed E-state index contributed by atoms with van der Waals surface area (Å²) in [6, 6.07) is 12.5. The van der Waals surface area contributed by atoms with E-state index in [0.29, 0.717) is 28.6 Å². The Balaban J connectivity index is 1.69. The fourth-order valence-electron chi connectivity index (χ4n) is 2.65. The number of carbonyl (C=O) groups excluding carboxylic acids is 2. The highest BCUT2D eigenvalue weighted by molar-refractivity contribution is 7.90. The van der Waals surface area contributed by atoms with Crippen LogP contribution < -0.4 is 19.5 Å². The van der Waals surface area contributed by atoms with E-state index in [1.165, 1.54) is 44.6 Å². The molecular formula is C22H18N4O7S2. The van der Waals surface area contributed by atoms with Gasteiger partial charge < -0.3 is 14.2 Å². The van der Waals surface area contributed by atoms with Gasteiger partial charge in [0.1, 0.15) is 17.4 Å². The summed E-state index contributed by atoms with van der Waals surface area (Å²) < 4.78 is 42.2. The second-order valence-corrected chi connectivity index (χ2v) is 9.47. The van der Waals surface area contributed by atoms with E-state index in [4.69, 9.17) is 14.2 Å². The molecule has 1 N–H and O–H groups in total. The van der Waals surface area contributed by atoms with Crippen LogP contribution in [-0.2, 0) is 14.6 Å². The van der Waals surface area contributed by atoms with E-state index in [0.717, 1.165) is 6.26 Å². The van der Waals surface area contributed by atoms with Gasteiger partial charge in [-0.2, -0.15) is 14.6 Å². The molecule has 0 atom stereocenters. The Morgan fingerprint density at radius 3 is 2.34 bits per heavy atom. The molecule has 0 aliphatic heterocycles. The molecule has 3 rings (SSSR count). The van der Waals surface area contributed by atoms with E-state index in [9.17, 15) is 23.3 Å². The summed E-state index contributed by atoms with van der Waals surface area (Å²) in [5.41, 5.74) is 0.485. The second kappa shape index (κ2) is 10.8. The number of nitrogens with one attached hydrogen (secondary N) is 1. The van der Waals surface area contributed by atoms with Crippen molar-refractivity contribution in [1.82, 2.24) is 9.36 Å². The summed E-state index contributed by atoms with van der Waals surface area (Å²) in [6.07, 6.45) is 2.25. The number of anilines is 1. The predicted octanol–water partition coefficient (Wildman–Crippen LogP) is 2.72. The first-order chi connectivity index (χ1) is 16.6. The topological polar surface area (TPSA) is 158 Å². The number of carbonyl (C=O) groups is 2. The molecule has 0 saturated carbocycles. The molecule has 0 saturated heterocycles. The van der Waals surface area contributed by atoms with Gasteiger partial charge in [-0.25, -0.2) is 13.2 Å². The van der Waals surface area contributed by atoms with Crippen molar-refractivity contribution in [3.8, 4) is 23.3 Å². The number of sulfone groups is 1. The van der Waals surface area contributed by atoms with Gasteiger partial charge in [0.2, 0.25) is 15.0 Å². The minimum Gasteiger partial charge on any atom is -0.493 e. The zero-order chi connectivity index (χ0) is 25.6. The van der Waals surface area contributed by atoms with Crippen molar-refractivity contribution in [3.05, 3.63) is 59.2 Å². The van der Waals surface area contributed by atoms with Crippen molar-refractivity contribution in [2.24, 2.45) is 0 Å². The van der Waals surface area contributed by atoms with Gasteiger partial charge in [0.05, 0.1) is 19.8 Å². The van der Waals surface area contributed by atoms with E-state index in [1.54, 1.807) is 24.3 Å². The summed E-state index contributed by atoms with van der Waals surface area (Å²) in [6.45, 7) is 0. The van der Waals surface area contributed by atoms with E-state index in [2.05, 4.69) is 14.7 Å². The molecule has 11 nitrogen and oxygen atoms in total. The van der Waals surface area contributed by atoms with Crippen LogP contribution in [0.5, 0.6) is 17.2 Å². The SMILES string of the molecule is COc1ccc(C(=O)Oc2ccc(/C=C(/C#N)C(=O)Nc3nc(S(C)(=O)=O)ns3)cc2)cc1OC. The van der Waals surface area contributed by atoms with Gasteiger partial charge in [-0.05, 0) is 42.0 Å². The van der Waals surface area contributed by atoms with Crippen molar-refractivity contribution in [1.29, 1.82) is 5.26 Å². The van der Waals surface area contributed by atoms with Crippen molar-refractivity contribution < 1.29 is 32.2 Å². The Morgan fingerprint density at radius 2 is 1.77 bits per heavy atom. The number of ether oxygens (including phenoxy) is 3. The number of esters is 1. The van der Waals surface area contributed by atoms with Gasteiger partial charge in [0.15, 0.2) is 11.5 Å². The van der Waals surface area contributed by atoms with Gasteiger partial charge in [-0.15, -0.1) is 0 Å². The molecule has 0 aliphatic rings. The number of aromatic nitrogens is 2. The molecule has 1 aromatic heterocycles. The van der Waals surface area contributed by atoms with Crippen molar-refractivity contribution in [2.75, 3.05) is 25.8 Å². The normalized spacial score (nSPS) is 11.3. The molecule has 35 heavy (non-hydrogen) atoms. The summed E-state index contributed by atoms with van der Waals surface area (Å²) in [5.74, 6) is -0.304. The first-order valence-electron chi connectivity index (χ1n) is 9.65. The molecular weight excluding hydrogens is 496 g/mol. The highest BCUT2D eigenvalue weighted by atomic mass is 32.2. The van der Waals surface area contributed by atoms with Crippen LogP contribution in [0.4, 0.5) is 5.13 Å². The molecule has 0 radical (unpaired) electrons. The second-order valence-electron chi connectivity index (χ2n) is 6.81. The third-order valence-corrected chi connectivity index (χ3v) is 5.94.